The summed E-state index contributed by atoms with van der Waals surface area (Å²) in [5.41, 5.74) is 1.79. The van der Waals surface area contributed by atoms with E-state index in [0.717, 1.165) is 11.3 Å². The molecule has 0 unspecified atom stereocenters. The Morgan fingerprint density at radius 1 is 1.24 bits per heavy atom. The molecule has 6 heteroatoms. The fourth-order valence-electron chi connectivity index (χ4n) is 1.47. The molecule has 0 fully saturated rings. The molecule has 1 aromatic heterocycles. The van der Waals surface area contributed by atoms with Crippen molar-refractivity contribution in [3.63, 3.8) is 0 Å². The number of aromatic nitrogens is 3. The minimum Gasteiger partial charge on any atom is -0.248 e. The molecule has 90 valence electrons. The van der Waals surface area contributed by atoms with Crippen molar-refractivity contribution in [2.24, 2.45) is 0 Å². The van der Waals surface area contributed by atoms with Crippen LogP contribution in [0.5, 0.6) is 0 Å². The van der Waals surface area contributed by atoms with Crippen molar-refractivity contribution < 1.29 is 0 Å². The van der Waals surface area contributed by atoms with Crippen LogP contribution in [0.2, 0.25) is 10.0 Å². The van der Waals surface area contributed by atoms with Gasteiger partial charge in [-0.15, -0.1) is 16.7 Å². The monoisotopic (exact) mass is 289 g/mol. The van der Waals surface area contributed by atoms with E-state index in [4.69, 9.17) is 34.8 Å². The van der Waals surface area contributed by atoms with Crippen LogP contribution in [0.25, 0.3) is 0 Å². The van der Waals surface area contributed by atoms with Crippen molar-refractivity contribution in [2.45, 2.75) is 13.0 Å². The van der Waals surface area contributed by atoms with Crippen molar-refractivity contribution in [1.29, 1.82) is 0 Å². The highest BCUT2D eigenvalue weighted by Crippen LogP contribution is 2.25. The third-order valence-corrected chi connectivity index (χ3v) is 3.35. The summed E-state index contributed by atoms with van der Waals surface area (Å²) < 4.78 is 1.72. The lowest BCUT2D eigenvalue weighted by molar-refractivity contribution is 0.649. The molecular formula is C11H10Cl3N3. The summed E-state index contributed by atoms with van der Waals surface area (Å²) in [5, 5.41) is 9.12. The molecule has 3 nitrogen and oxygen atoms in total. The molecule has 2 rings (SSSR count). The van der Waals surface area contributed by atoms with Crippen LogP contribution in [-0.4, -0.2) is 20.9 Å². The molecule has 1 heterocycles. The highest BCUT2D eigenvalue weighted by atomic mass is 35.5. The average molecular weight is 291 g/mol. The van der Waals surface area contributed by atoms with Gasteiger partial charge in [0.1, 0.15) is 0 Å². The molecule has 2 aromatic rings. The van der Waals surface area contributed by atoms with Crippen LogP contribution in [0, 0.1) is 0 Å². The first-order chi connectivity index (χ1) is 8.20. The molecule has 0 spiro atoms. The number of halogens is 3. The molecule has 0 aliphatic carbocycles. The van der Waals surface area contributed by atoms with Gasteiger partial charge < -0.3 is 0 Å². The molecule has 0 aliphatic heterocycles. The summed E-state index contributed by atoms with van der Waals surface area (Å²) in [6, 6.07) is 5.53. The molecule has 0 bridgehead atoms. The van der Waals surface area contributed by atoms with E-state index in [-0.39, 0.29) is 0 Å². The van der Waals surface area contributed by atoms with Gasteiger partial charge >= 0.3 is 0 Å². The first kappa shape index (κ1) is 12.7. The number of aryl methyl sites for hydroxylation is 1. The first-order valence-corrected chi connectivity index (χ1v) is 6.37. The highest BCUT2D eigenvalue weighted by molar-refractivity contribution is 6.42. The smallest absolute Gasteiger partial charge is 0.0839 e. The van der Waals surface area contributed by atoms with Gasteiger partial charge in [-0.25, -0.2) is 4.68 Å². The summed E-state index contributed by atoms with van der Waals surface area (Å²) in [4.78, 5) is 0. The summed E-state index contributed by atoms with van der Waals surface area (Å²) in [6.07, 6.45) is 2.57. The minimum absolute atomic E-state index is 0.538. The van der Waals surface area contributed by atoms with E-state index in [1.54, 1.807) is 10.7 Å². The second-order valence-corrected chi connectivity index (χ2v) is 4.72. The predicted molar refractivity (Wildman–Crippen MR) is 70.0 cm³/mol. The van der Waals surface area contributed by atoms with Crippen molar-refractivity contribution >= 4 is 34.8 Å². The van der Waals surface area contributed by atoms with Gasteiger partial charge in [-0.05, 0) is 11.6 Å². The van der Waals surface area contributed by atoms with E-state index in [1.807, 2.05) is 18.3 Å². The van der Waals surface area contributed by atoms with Crippen molar-refractivity contribution in [1.82, 2.24) is 15.0 Å². The Labute approximate surface area is 114 Å². The quantitative estimate of drug-likeness (QED) is 0.808. The zero-order chi connectivity index (χ0) is 12.3. The zero-order valence-corrected chi connectivity index (χ0v) is 11.2. The van der Waals surface area contributed by atoms with E-state index in [9.17, 15) is 0 Å². The van der Waals surface area contributed by atoms with E-state index in [1.165, 1.54) is 0 Å². The van der Waals surface area contributed by atoms with Gasteiger partial charge in [0.05, 0.1) is 22.3 Å². The van der Waals surface area contributed by atoms with Gasteiger partial charge in [-0.2, -0.15) is 0 Å². The molecule has 0 radical (unpaired) electrons. The summed E-state index contributed by atoms with van der Waals surface area (Å²) in [6.45, 7) is 0.550. The Morgan fingerprint density at radius 2 is 2.06 bits per heavy atom. The largest absolute Gasteiger partial charge is 0.248 e. The average Bonchev–Trinajstić information content (AvgIpc) is 2.73. The van der Waals surface area contributed by atoms with Gasteiger partial charge in [0.25, 0.3) is 0 Å². The van der Waals surface area contributed by atoms with Gasteiger partial charge in [-0.3, -0.25) is 0 Å². The first-order valence-electron chi connectivity index (χ1n) is 5.08. The van der Waals surface area contributed by atoms with E-state index in [0.29, 0.717) is 28.9 Å². The molecule has 0 N–H and O–H groups in total. The fourth-order valence-corrected chi connectivity index (χ4v) is 2.05. The topological polar surface area (TPSA) is 30.7 Å². The standard InChI is InChI=1S/C11H10Cl3N3/c12-5-4-9-7-17(16-15-9)6-8-2-1-3-10(13)11(8)14/h1-3,7H,4-6H2. The summed E-state index contributed by atoms with van der Waals surface area (Å²) in [7, 11) is 0. The number of rotatable bonds is 4. The Balaban J connectivity index is 2.16. The SMILES string of the molecule is ClCCc1cn(Cc2cccc(Cl)c2Cl)nn1. The van der Waals surface area contributed by atoms with Crippen LogP contribution >= 0.6 is 34.8 Å². The van der Waals surface area contributed by atoms with Crippen molar-refractivity contribution in [3.05, 3.63) is 45.7 Å². The number of nitrogens with zero attached hydrogens (tertiary/aromatic N) is 3. The Morgan fingerprint density at radius 3 is 2.82 bits per heavy atom. The minimum atomic E-state index is 0.538. The number of hydrogen-bond donors (Lipinski definition) is 0. The lowest BCUT2D eigenvalue weighted by Crippen LogP contribution is -2.01. The van der Waals surface area contributed by atoms with E-state index < -0.39 is 0 Å². The van der Waals surface area contributed by atoms with E-state index in [2.05, 4.69) is 10.3 Å². The maximum absolute atomic E-state index is 6.10. The molecule has 1 aromatic carbocycles. The molecule has 17 heavy (non-hydrogen) atoms. The van der Waals surface area contributed by atoms with Crippen molar-refractivity contribution in [3.8, 4) is 0 Å². The van der Waals surface area contributed by atoms with Gasteiger partial charge in [-0.1, -0.05) is 40.5 Å². The molecule has 0 atom stereocenters. The molecule has 0 amide bonds. The third-order valence-electron chi connectivity index (χ3n) is 2.30. The normalized spacial score (nSPS) is 10.8. The van der Waals surface area contributed by atoms with Crippen LogP contribution in [0.1, 0.15) is 11.3 Å². The molecule has 0 aliphatic rings. The Kier molecular flexibility index (Phi) is 4.26. The van der Waals surface area contributed by atoms with Crippen LogP contribution in [0.15, 0.2) is 24.4 Å². The Bertz CT molecular complexity index is 510. The van der Waals surface area contributed by atoms with Crippen LogP contribution < -0.4 is 0 Å². The molecular weight excluding hydrogens is 281 g/mol. The molecule has 0 saturated heterocycles. The van der Waals surface area contributed by atoms with E-state index >= 15 is 0 Å². The summed E-state index contributed by atoms with van der Waals surface area (Å²) in [5.74, 6) is 0.538. The van der Waals surface area contributed by atoms with Gasteiger partial charge in [0.15, 0.2) is 0 Å². The number of benzene rings is 1. The second-order valence-electron chi connectivity index (χ2n) is 3.56. The molecule has 0 saturated carbocycles. The van der Waals surface area contributed by atoms with Gasteiger partial charge in [0, 0.05) is 18.5 Å². The zero-order valence-electron chi connectivity index (χ0n) is 8.91. The fraction of sp³-hybridized carbons (Fsp3) is 0.273. The maximum Gasteiger partial charge on any atom is 0.0839 e. The van der Waals surface area contributed by atoms with Crippen molar-refractivity contribution in [2.75, 3.05) is 5.88 Å². The second kappa shape index (κ2) is 5.71. The van der Waals surface area contributed by atoms with Crippen LogP contribution in [0.4, 0.5) is 0 Å². The van der Waals surface area contributed by atoms with Gasteiger partial charge in [0.2, 0.25) is 0 Å². The lowest BCUT2D eigenvalue weighted by Gasteiger charge is -2.04. The third kappa shape index (κ3) is 3.12. The summed E-state index contributed by atoms with van der Waals surface area (Å²) >= 11 is 17.7. The predicted octanol–water partition coefficient (Wildman–Crippen LogP) is 3.41. The van der Waals surface area contributed by atoms with Crippen LogP contribution in [-0.2, 0) is 13.0 Å². The number of alkyl halides is 1. The lowest BCUT2D eigenvalue weighted by atomic mass is 10.2. The Hall–Kier alpha value is -0.770. The number of hydrogen-bond acceptors (Lipinski definition) is 2. The maximum atomic E-state index is 6.10. The van der Waals surface area contributed by atoms with Crippen LogP contribution in [0.3, 0.4) is 0 Å². The highest BCUT2D eigenvalue weighted by Gasteiger charge is 2.06.